The molecule has 0 saturated carbocycles. The fourth-order valence-electron chi connectivity index (χ4n) is 1.98. The van der Waals surface area contributed by atoms with Gasteiger partial charge in [-0.2, -0.15) is 0 Å². The Labute approximate surface area is 108 Å². The zero-order valence-corrected chi connectivity index (χ0v) is 9.89. The van der Waals surface area contributed by atoms with E-state index < -0.39 is 35.4 Å². The normalized spacial score (nSPS) is 22.2. The lowest BCUT2D eigenvalue weighted by atomic mass is 10.1. The van der Waals surface area contributed by atoms with E-state index in [0.717, 1.165) is 6.07 Å². The minimum atomic E-state index is -1.45. The van der Waals surface area contributed by atoms with Gasteiger partial charge in [0.15, 0.2) is 0 Å². The highest BCUT2D eigenvalue weighted by atomic mass is 19.1. The standard InChI is InChI=1S/C12H13FN2O4/c13-7-2-1-3-8(10(7)12(18)19)15-11(17)9-4-6(16)5-14-9/h1-3,6,9,14,16H,4-5H2,(H,15,17)(H,18,19). The molecule has 0 spiro atoms. The molecule has 4 N–H and O–H groups in total. The summed E-state index contributed by atoms with van der Waals surface area (Å²) < 4.78 is 13.4. The zero-order valence-electron chi connectivity index (χ0n) is 9.89. The van der Waals surface area contributed by atoms with Crippen LogP contribution in [0.5, 0.6) is 0 Å². The zero-order chi connectivity index (χ0) is 14.0. The molecule has 1 aromatic rings. The molecule has 7 heteroatoms. The van der Waals surface area contributed by atoms with E-state index >= 15 is 0 Å². The van der Waals surface area contributed by atoms with Gasteiger partial charge in [0.05, 0.1) is 17.8 Å². The predicted molar refractivity (Wildman–Crippen MR) is 64.4 cm³/mol. The van der Waals surface area contributed by atoms with Gasteiger partial charge in [-0.25, -0.2) is 9.18 Å². The molecule has 2 atom stereocenters. The molecule has 0 aliphatic carbocycles. The molecule has 2 unspecified atom stereocenters. The average Bonchev–Trinajstić information content (AvgIpc) is 2.75. The highest BCUT2D eigenvalue weighted by Crippen LogP contribution is 2.20. The van der Waals surface area contributed by atoms with Crippen molar-refractivity contribution in [3.8, 4) is 0 Å². The highest BCUT2D eigenvalue weighted by molar-refractivity contribution is 6.02. The fourth-order valence-corrected chi connectivity index (χ4v) is 1.98. The molecule has 0 bridgehead atoms. The summed E-state index contributed by atoms with van der Waals surface area (Å²) in [5.74, 6) is -2.86. The van der Waals surface area contributed by atoms with E-state index in [1.165, 1.54) is 12.1 Å². The van der Waals surface area contributed by atoms with Crippen LogP contribution >= 0.6 is 0 Å². The molecule has 1 aliphatic heterocycles. The number of hydrogen-bond acceptors (Lipinski definition) is 4. The quantitative estimate of drug-likeness (QED) is 0.627. The van der Waals surface area contributed by atoms with E-state index in [2.05, 4.69) is 10.6 Å². The van der Waals surface area contributed by atoms with Gasteiger partial charge in [-0.1, -0.05) is 6.07 Å². The Kier molecular flexibility index (Phi) is 3.77. The number of hydrogen-bond donors (Lipinski definition) is 4. The third kappa shape index (κ3) is 2.88. The van der Waals surface area contributed by atoms with E-state index in [-0.39, 0.29) is 12.1 Å². The summed E-state index contributed by atoms with van der Waals surface area (Å²) in [5.41, 5.74) is -0.671. The monoisotopic (exact) mass is 268 g/mol. The van der Waals surface area contributed by atoms with Gasteiger partial charge in [0.1, 0.15) is 11.4 Å². The Morgan fingerprint density at radius 2 is 2.16 bits per heavy atom. The topological polar surface area (TPSA) is 98.7 Å². The minimum Gasteiger partial charge on any atom is -0.478 e. The van der Waals surface area contributed by atoms with E-state index in [1.54, 1.807) is 0 Å². The number of nitrogens with one attached hydrogen (secondary N) is 2. The second-order valence-corrected chi connectivity index (χ2v) is 4.31. The van der Waals surface area contributed by atoms with Gasteiger partial charge in [0, 0.05) is 6.54 Å². The summed E-state index contributed by atoms with van der Waals surface area (Å²) in [4.78, 5) is 22.8. The average molecular weight is 268 g/mol. The van der Waals surface area contributed by atoms with Crippen molar-refractivity contribution in [1.29, 1.82) is 0 Å². The lowest BCUT2D eigenvalue weighted by Crippen LogP contribution is -2.36. The van der Waals surface area contributed by atoms with Gasteiger partial charge in [0.2, 0.25) is 5.91 Å². The van der Waals surface area contributed by atoms with Crippen LogP contribution in [0.15, 0.2) is 18.2 Å². The second kappa shape index (κ2) is 5.33. The highest BCUT2D eigenvalue weighted by Gasteiger charge is 2.29. The van der Waals surface area contributed by atoms with Crippen molar-refractivity contribution < 1.29 is 24.2 Å². The van der Waals surface area contributed by atoms with Crippen LogP contribution in [0.1, 0.15) is 16.8 Å². The van der Waals surface area contributed by atoms with Gasteiger partial charge in [-0.05, 0) is 18.6 Å². The molecular weight excluding hydrogens is 255 g/mol. The number of benzene rings is 1. The summed E-state index contributed by atoms with van der Waals surface area (Å²) in [7, 11) is 0. The summed E-state index contributed by atoms with van der Waals surface area (Å²) >= 11 is 0. The summed E-state index contributed by atoms with van der Waals surface area (Å²) in [6.07, 6.45) is -0.369. The molecule has 19 heavy (non-hydrogen) atoms. The number of halogens is 1. The first kappa shape index (κ1) is 13.4. The molecule has 1 amide bonds. The Morgan fingerprint density at radius 3 is 2.74 bits per heavy atom. The third-order valence-corrected chi connectivity index (χ3v) is 2.91. The summed E-state index contributed by atoms with van der Waals surface area (Å²) in [6, 6.07) is 3.03. The first-order valence-electron chi connectivity index (χ1n) is 5.73. The van der Waals surface area contributed by atoms with E-state index in [9.17, 15) is 19.1 Å². The van der Waals surface area contributed by atoms with Crippen LogP contribution in [0, 0.1) is 5.82 Å². The van der Waals surface area contributed by atoms with Gasteiger partial charge >= 0.3 is 5.97 Å². The van der Waals surface area contributed by atoms with Crippen molar-refractivity contribution in [2.75, 3.05) is 11.9 Å². The van der Waals surface area contributed by atoms with Gasteiger partial charge in [-0.15, -0.1) is 0 Å². The largest absolute Gasteiger partial charge is 0.478 e. The van der Waals surface area contributed by atoms with E-state index in [0.29, 0.717) is 6.54 Å². The maximum atomic E-state index is 13.4. The minimum absolute atomic E-state index is 0.0966. The number of carbonyl (C=O) groups is 2. The number of rotatable bonds is 3. The van der Waals surface area contributed by atoms with Crippen LogP contribution in [0.4, 0.5) is 10.1 Å². The lowest BCUT2D eigenvalue weighted by molar-refractivity contribution is -0.117. The summed E-state index contributed by atoms with van der Waals surface area (Å²) in [5, 5.41) is 23.4. The van der Waals surface area contributed by atoms with Crippen molar-refractivity contribution in [3.05, 3.63) is 29.6 Å². The predicted octanol–water partition coefficient (Wildman–Crippen LogP) is 0.185. The Bertz CT molecular complexity index is 520. The van der Waals surface area contributed by atoms with Crippen molar-refractivity contribution in [3.63, 3.8) is 0 Å². The maximum absolute atomic E-state index is 13.4. The third-order valence-electron chi connectivity index (χ3n) is 2.91. The van der Waals surface area contributed by atoms with Crippen molar-refractivity contribution in [1.82, 2.24) is 5.32 Å². The maximum Gasteiger partial charge on any atom is 0.340 e. The van der Waals surface area contributed by atoms with Crippen LogP contribution < -0.4 is 10.6 Å². The molecule has 1 aromatic carbocycles. The molecule has 102 valence electrons. The van der Waals surface area contributed by atoms with Gasteiger partial charge in [0.25, 0.3) is 0 Å². The van der Waals surface area contributed by atoms with Crippen LogP contribution in [0.3, 0.4) is 0 Å². The fraction of sp³-hybridized carbons (Fsp3) is 0.333. The van der Waals surface area contributed by atoms with Crippen LogP contribution in [-0.4, -0.2) is 40.8 Å². The smallest absolute Gasteiger partial charge is 0.340 e. The summed E-state index contributed by atoms with van der Waals surface area (Å²) in [6.45, 7) is 0.299. The van der Waals surface area contributed by atoms with Gasteiger partial charge in [-0.3, -0.25) is 4.79 Å². The molecule has 0 radical (unpaired) electrons. The van der Waals surface area contributed by atoms with Crippen molar-refractivity contribution in [2.45, 2.75) is 18.6 Å². The molecule has 2 rings (SSSR count). The molecule has 1 heterocycles. The SMILES string of the molecule is O=C(O)c1c(F)cccc1NC(=O)C1CC(O)CN1. The van der Waals surface area contributed by atoms with Crippen molar-refractivity contribution >= 4 is 17.6 Å². The number of aliphatic hydroxyl groups excluding tert-OH is 1. The molecule has 1 saturated heterocycles. The van der Waals surface area contributed by atoms with Crippen LogP contribution in [-0.2, 0) is 4.79 Å². The molecule has 1 fully saturated rings. The second-order valence-electron chi connectivity index (χ2n) is 4.31. The number of amides is 1. The Hall–Kier alpha value is -1.99. The number of β-amino-alcohol motifs (C(OH)–C–C–N with tert-alkyl or cyclic N) is 1. The number of aliphatic hydroxyl groups is 1. The van der Waals surface area contributed by atoms with E-state index in [1.807, 2.05) is 0 Å². The van der Waals surface area contributed by atoms with Crippen LogP contribution in [0.25, 0.3) is 0 Å². The number of carboxylic acids is 1. The number of carbonyl (C=O) groups excluding carboxylic acids is 1. The first-order chi connectivity index (χ1) is 8.99. The molecular formula is C12H13FN2O4. The lowest BCUT2D eigenvalue weighted by Gasteiger charge is -2.13. The first-order valence-corrected chi connectivity index (χ1v) is 5.73. The van der Waals surface area contributed by atoms with Crippen LogP contribution in [0.2, 0.25) is 0 Å². The van der Waals surface area contributed by atoms with E-state index in [4.69, 9.17) is 5.11 Å². The van der Waals surface area contributed by atoms with Crippen molar-refractivity contribution in [2.24, 2.45) is 0 Å². The Morgan fingerprint density at radius 1 is 1.42 bits per heavy atom. The van der Waals surface area contributed by atoms with Gasteiger partial charge < -0.3 is 20.8 Å². The molecule has 0 aromatic heterocycles. The Balaban J connectivity index is 2.17. The molecule has 1 aliphatic rings. The number of anilines is 1. The molecule has 6 nitrogen and oxygen atoms in total. The number of carboxylic acid groups (broad SMARTS) is 1. The number of aromatic carboxylic acids is 1.